The molecule has 0 aliphatic carbocycles. The van der Waals surface area contributed by atoms with Gasteiger partial charge in [-0.3, -0.25) is 0 Å². The van der Waals surface area contributed by atoms with Crippen LogP contribution in [0.3, 0.4) is 0 Å². The SMILES string of the molecule is CN1CCN(c2ccc(CNS(=O)(=O)Cc3ccc(Cl)cc3Cl)cc2)CC1. The van der Waals surface area contributed by atoms with E-state index in [0.717, 1.165) is 31.7 Å². The monoisotopic (exact) mass is 427 g/mol. The molecule has 1 aliphatic rings. The maximum absolute atomic E-state index is 12.3. The van der Waals surface area contributed by atoms with E-state index in [1.807, 2.05) is 24.3 Å². The first kappa shape index (κ1) is 20.4. The quantitative estimate of drug-likeness (QED) is 0.767. The molecule has 1 N–H and O–H groups in total. The second-order valence-electron chi connectivity index (χ2n) is 6.77. The summed E-state index contributed by atoms with van der Waals surface area (Å²) < 4.78 is 27.3. The average molecular weight is 428 g/mol. The highest BCUT2D eigenvalue weighted by atomic mass is 35.5. The van der Waals surface area contributed by atoms with E-state index in [2.05, 4.69) is 21.6 Å². The van der Waals surface area contributed by atoms with E-state index >= 15 is 0 Å². The molecule has 2 aromatic carbocycles. The Morgan fingerprint density at radius 2 is 1.67 bits per heavy atom. The van der Waals surface area contributed by atoms with E-state index in [-0.39, 0.29) is 12.3 Å². The lowest BCUT2D eigenvalue weighted by Crippen LogP contribution is -2.44. The van der Waals surface area contributed by atoms with Crippen LogP contribution in [-0.2, 0) is 22.3 Å². The number of halogens is 2. The summed E-state index contributed by atoms with van der Waals surface area (Å²) in [4.78, 5) is 4.66. The zero-order valence-corrected chi connectivity index (χ0v) is 17.5. The van der Waals surface area contributed by atoms with Gasteiger partial charge in [0.25, 0.3) is 0 Å². The van der Waals surface area contributed by atoms with Crippen LogP contribution >= 0.6 is 23.2 Å². The molecule has 1 heterocycles. The lowest BCUT2D eigenvalue weighted by Gasteiger charge is -2.34. The van der Waals surface area contributed by atoms with E-state index in [0.29, 0.717) is 15.6 Å². The zero-order valence-electron chi connectivity index (χ0n) is 15.2. The van der Waals surface area contributed by atoms with Crippen LogP contribution < -0.4 is 9.62 Å². The Morgan fingerprint density at radius 3 is 2.30 bits per heavy atom. The number of sulfonamides is 1. The average Bonchev–Trinajstić information content (AvgIpc) is 2.64. The topological polar surface area (TPSA) is 52.6 Å². The van der Waals surface area contributed by atoms with Gasteiger partial charge in [-0.1, -0.05) is 41.4 Å². The molecule has 146 valence electrons. The molecule has 1 aliphatic heterocycles. The third kappa shape index (κ3) is 5.83. The maximum Gasteiger partial charge on any atom is 0.216 e. The van der Waals surface area contributed by atoms with Crippen molar-refractivity contribution in [1.29, 1.82) is 0 Å². The third-order valence-corrected chi connectivity index (χ3v) is 6.52. The fraction of sp³-hybridized carbons (Fsp3) is 0.368. The van der Waals surface area contributed by atoms with Crippen molar-refractivity contribution < 1.29 is 8.42 Å². The largest absolute Gasteiger partial charge is 0.369 e. The van der Waals surface area contributed by atoms with Crippen LogP contribution in [0.4, 0.5) is 5.69 Å². The molecule has 0 spiro atoms. The van der Waals surface area contributed by atoms with Gasteiger partial charge in [-0.2, -0.15) is 0 Å². The number of rotatable bonds is 6. The Labute approximate surface area is 170 Å². The number of nitrogens with zero attached hydrogens (tertiary/aromatic N) is 2. The minimum absolute atomic E-state index is 0.178. The first-order valence-electron chi connectivity index (χ1n) is 8.76. The summed E-state index contributed by atoms with van der Waals surface area (Å²) in [6.45, 7) is 4.36. The third-order valence-electron chi connectivity index (χ3n) is 4.66. The molecule has 5 nitrogen and oxygen atoms in total. The van der Waals surface area contributed by atoms with Crippen molar-refractivity contribution >= 4 is 38.9 Å². The van der Waals surface area contributed by atoms with Gasteiger partial charge in [-0.15, -0.1) is 0 Å². The second kappa shape index (κ2) is 8.80. The highest BCUT2D eigenvalue weighted by Gasteiger charge is 2.16. The predicted molar refractivity (Wildman–Crippen MR) is 112 cm³/mol. The number of anilines is 1. The van der Waals surface area contributed by atoms with E-state index in [9.17, 15) is 8.42 Å². The fourth-order valence-electron chi connectivity index (χ4n) is 2.98. The van der Waals surface area contributed by atoms with Crippen molar-refractivity contribution in [2.75, 3.05) is 38.1 Å². The van der Waals surface area contributed by atoms with Gasteiger partial charge in [0.2, 0.25) is 10.0 Å². The summed E-state index contributed by atoms with van der Waals surface area (Å²) in [6, 6.07) is 12.8. The fourth-order valence-corrected chi connectivity index (χ4v) is 4.68. The highest BCUT2D eigenvalue weighted by Crippen LogP contribution is 2.23. The molecular formula is C19H23Cl2N3O2S. The van der Waals surface area contributed by atoms with E-state index < -0.39 is 10.0 Å². The van der Waals surface area contributed by atoms with E-state index in [1.54, 1.807) is 18.2 Å². The molecule has 1 saturated heterocycles. The van der Waals surface area contributed by atoms with Crippen molar-refractivity contribution in [3.63, 3.8) is 0 Å². The number of hydrogen-bond donors (Lipinski definition) is 1. The Kier molecular flexibility index (Phi) is 6.65. The van der Waals surface area contributed by atoms with Crippen molar-refractivity contribution in [2.45, 2.75) is 12.3 Å². The number of nitrogens with one attached hydrogen (secondary N) is 1. The van der Waals surface area contributed by atoms with Gasteiger partial charge >= 0.3 is 0 Å². The van der Waals surface area contributed by atoms with Crippen molar-refractivity contribution in [3.05, 3.63) is 63.6 Å². The molecular weight excluding hydrogens is 405 g/mol. The second-order valence-corrected chi connectivity index (χ2v) is 9.42. The molecule has 27 heavy (non-hydrogen) atoms. The van der Waals surface area contributed by atoms with Crippen molar-refractivity contribution in [1.82, 2.24) is 9.62 Å². The number of likely N-dealkylation sites (N-methyl/N-ethyl adjacent to an activating group) is 1. The molecule has 0 saturated carbocycles. The van der Waals surface area contributed by atoms with Crippen LogP contribution in [0, 0.1) is 0 Å². The molecule has 0 aromatic heterocycles. The molecule has 8 heteroatoms. The van der Waals surface area contributed by atoms with Gasteiger partial charge in [0.15, 0.2) is 0 Å². The summed E-state index contributed by atoms with van der Waals surface area (Å²) in [7, 11) is -1.37. The first-order chi connectivity index (χ1) is 12.8. The normalized spacial score (nSPS) is 15.9. The summed E-state index contributed by atoms with van der Waals surface area (Å²) in [5.74, 6) is -0.178. The highest BCUT2D eigenvalue weighted by molar-refractivity contribution is 7.88. The summed E-state index contributed by atoms with van der Waals surface area (Å²) >= 11 is 11.9. The van der Waals surface area contributed by atoms with Crippen molar-refractivity contribution in [2.24, 2.45) is 0 Å². The minimum atomic E-state index is -3.50. The lowest BCUT2D eigenvalue weighted by atomic mass is 10.2. The lowest BCUT2D eigenvalue weighted by molar-refractivity contribution is 0.313. The number of hydrogen-bond acceptors (Lipinski definition) is 4. The smallest absolute Gasteiger partial charge is 0.216 e. The predicted octanol–water partition coefficient (Wildman–Crippen LogP) is 3.36. The van der Waals surface area contributed by atoms with Crippen LogP contribution in [0.2, 0.25) is 10.0 Å². The molecule has 2 aromatic rings. The van der Waals surface area contributed by atoms with Crippen LogP contribution in [0.25, 0.3) is 0 Å². The van der Waals surface area contributed by atoms with Crippen LogP contribution in [0.1, 0.15) is 11.1 Å². The number of benzene rings is 2. The molecule has 0 amide bonds. The number of piperazine rings is 1. The Balaban J connectivity index is 1.57. The van der Waals surface area contributed by atoms with E-state index in [1.165, 1.54) is 5.69 Å². The molecule has 1 fully saturated rings. The van der Waals surface area contributed by atoms with Gasteiger partial charge in [-0.25, -0.2) is 13.1 Å². The summed E-state index contributed by atoms with van der Waals surface area (Å²) in [6.07, 6.45) is 0. The maximum atomic E-state index is 12.3. The van der Waals surface area contributed by atoms with Crippen LogP contribution in [-0.4, -0.2) is 46.5 Å². The summed E-state index contributed by atoms with van der Waals surface area (Å²) in [5, 5.41) is 0.832. The van der Waals surface area contributed by atoms with Gasteiger partial charge in [0.1, 0.15) is 0 Å². The molecule has 0 atom stereocenters. The van der Waals surface area contributed by atoms with Crippen LogP contribution in [0.15, 0.2) is 42.5 Å². The Morgan fingerprint density at radius 1 is 1.00 bits per heavy atom. The minimum Gasteiger partial charge on any atom is -0.369 e. The molecule has 0 bridgehead atoms. The van der Waals surface area contributed by atoms with Gasteiger partial charge < -0.3 is 9.80 Å². The van der Waals surface area contributed by atoms with Gasteiger partial charge in [-0.05, 0) is 42.4 Å². The Hall–Kier alpha value is -1.31. The zero-order chi connectivity index (χ0) is 19.4. The van der Waals surface area contributed by atoms with Crippen LogP contribution in [0.5, 0.6) is 0 Å². The molecule has 0 unspecified atom stereocenters. The standard InChI is InChI=1S/C19H23Cl2N3O2S/c1-23-8-10-24(11-9-23)18-6-2-15(3-7-18)13-22-27(25,26)14-16-4-5-17(20)12-19(16)21/h2-7,12,22H,8-11,13-14H2,1H3. The van der Waals surface area contributed by atoms with E-state index in [4.69, 9.17) is 23.2 Å². The molecule has 3 rings (SSSR count). The Bertz CT molecular complexity index is 880. The van der Waals surface area contributed by atoms with Gasteiger partial charge in [0.05, 0.1) is 5.75 Å². The molecule has 0 radical (unpaired) electrons. The van der Waals surface area contributed by atoms with Gasteiger partial charge in [0, 0.05) is 48.5 Å². The first-order valence-corrected chi connectivity index (χ1v) is 11.2. The summed E-state index contributed by atoms with van der Waals surface area (Å²) in [5.41, 5.74) is 2.61. The van der Waals surface area contributed by atoms with Crippen molar-refractivity contribution in [3.8, 4) is 0 Å².